The Hall–Kier alpha value is -1.33. The Kier molecular flexibility index (Phi) is 3.49. The predicted molar refractivity (Wildman–Crippen MR) is 70.8 cm³/mol. The van der Waals surface area contributed by atoms with E-state index in [0.29, 0.717) is 6.54 Å². The van der Waals surface area contributed by atoms with Gasteiger partial charge < -0.3 is 15.0 Å². The fraction of sp³-hybridized carbons (Fsp3) is 0.250. The van der Waals surface area contributed by atoms with Crippen molar-refractivity contribution in [1.29, 1.82) is 0 Å². The Morgan fingerprint density at radius 3 is 2.82 bits per heavy atom. The Bertz CT molecular complexity index is 537. The summed E-state index contributed by atoms with van der Waals surface area (Å²) in [6, 6.07) is 7.80. The van der Waals surface area contributed by atoms with Crippen LogP contribution in [0.4, 0.5) is 0 Å². The number of benzene rings is 1. The molecule has 2 N–H and O–H groups in total. The van der Waals surface area contributed by atoms with Crippen LogP contribution in [0.1, 0.15) is 5.69 Å². The molecule has 0 aliphatic rings. The van der Waals surface area contributed by atoms with Gasteiger partial charge in [0.1, 0.15) is 16.2 Å². The van der Waals surface area contributed by atoms with E-state index in [1.807, 2.05) is 35.9 Å². The van der Waals surface area contributed by atoms with Crippen molar-refractivity contribution in [3.05, 3.63) is 34.6 Å². The third-order valence-electron chi connectivity index (χ3n) is 2.61. The number of rotatable bonds is 3. The van der Waals surface area contributed by atoms with E-state index in [0.717, 1.165) is 27.4 Å². The first-order chi connectivity index (χ1) is 8.17. The van der Waals surface area contributed by atoms with Gasteiger partial charge >= 0.3 is 0 Å². The summed E-state index contributed by atoms with van der Waals surface area (Å²) < 4.78 is 8.09. The van der Waals surface area contributed by atoms with Crippen molar-refractivity contribution in [2.45, 2.75) is 6.54 Å². The number of ether oxygens (including phenoxy) is 1. The van der Waals surface area contributed by atoms with E-state index in [1.165, 1.54) is 0 Å². The van der Waals surface area contributed by atoms with Crippen molar-refractivity contribution in [2.24, 2.45) is 12.8 Å². The van der Waals surface area contributed by atoms with Crippen LogP contribution in [-0.4, -0.2) is 16.7 Å². The number of hydrogen-bond acceptors (Lipinski definition) is 3. The van der Waals surface area contributed by atoms with E-state index in [2.05, 4.69) is 20.9 Å². The molecule has 90 valence electrons. The van der Waals surface area contributed by atoms with Gasteiger partial charge in [0.25, 0.3) is 0 Å². The summed E-state index contributed by atoms with van der Waals surface area (Å²) in [6.07, 6.45) is 0. The Morgan fingerprint density at radius 1 is 1.47 bits per heavy atom. The van der Waals surface area contributed by atoms with E-state index in [1.54, 1.807) is 7.11 Å². The molecule has 17 heavy (non-hydrogen) atoms. The molecule has 0 unspecified atom stereocenters. The zero-order valence-electron chi connectivity index (χ0n) is 9.77. The summed E-state index contributed by atoms with van der Waals surface area (Å²) >= 11 is 3.48. The van der Waals surface area contributed by atoms with E-state index in [9.17, 15) is 0 Å². The first-order valence-corrected chi connectivity index (χ1v) is 6.02. The smallest absolute Gasteiger partial charge is 0.141 e. The average molecular weight is 296 g/mol. The average Bonchev–Trinajstić information content (AvgIpc) is 2.66. The van der Waals surface area contributed by atoms with Gasteiger partial charge in [-0.05, 0) is 28.1 Å². The molecule has 0 radical (unpaired) electrons. The molecule has 0 aliphatic heterocycles. The third-order valence-corrected chi connectivity index (χ3v) is 3.60. The van der Waals surface area contributed by atoms with Crippen LogP contribution in [0.15, 0.2) is 28.9 Å². The minimum atomic E-state index is 0.415. The van der Waals surface area contributed by atoms with Gasteiger partial charge in [-0.3, -0.25) is 0 Å². The molecule has 0 aliphatic carbocycles. The largest absolute Gasteiger partial charge is 0.497 e. The number of nitrogens with two attached hydrogens (primary N) is 1. The van der Waals surface area contributed by atoms with Crippen LogP contribution in [0.3, 0.4) is 0 Å². The highest BCUT2D eigenvalue weighted by molar-refractivity contribution is 9.10. The van der Waals surface area contributed by atoms with Gasteiger partial charge in [-0.2, -0.15) is 0 Å². The molecule has 2 rings (SSSR count). The lowest BCUT2D eigenvalue weighted by Gasteiger charge is -2.04. The molecule has 5 heteroatoms. The topological polar surface area (TPSA) is 53.1 Å². The summed E-state index contributed by atoms with van der Waals surface area (Å²) in [5.41, 5.74) is 7.50. The summed E-state index contributed by atoms with van der Waals surface area (Å²) in [5, 5.41) is 0. The lowest BCUT2D eigenvalue weighted by atomic mass is 10.2. The maximum absolute atomic E-state index is 5.64. The van der Waals surface area contributed by atoms with Crippen LogP contribution in [0.5, 0.6) is 5.75 Å². The molecule has 4 nitrogen and oxygen atoms in total. The molecule has 0 atom stereocenters. The number of aromatic nitrogens is 2. The van der Waals surface area contributed by atoms with E-state index < -0.39 is 0 Å². The van der Waals surface area contributed by atoms with Crippen molar-refractivity contribution in [2.75, 3.05) is 7.11 Å². The predicted octanol–water partition coefficient (Wildman–Crippen LogP) is 2.32. The zero-order chi connectivity index (χ0) is 12.4. The number of hydrogen-bond donors (Lipinski definition) is 1. The molecule has 1 aromatic heterocycles. The first-order valence-electron chi connectivity index (χ1n) is 5.23. The van der Waals surface area contributed by atoms with Crippen LogP contribution in [0.25, 0.3) is 11.4 Å². The third kappa shape index (κ3) is 2.21. The highest BCUT2D eigenvalue weighted by Crippen LogP contribution is 2.27. The maximum Gasteiger partial charge on any atom is 0.141 e. The Labute approximate surface area is 109 Å². The molecule has 0 fully saturated rings. The highest BCUT2D eigenvalue weighted by atomic mass is 79.9. The van der Waals surface area contributed by atoms with Gasteiger partial charge in [0, 0.05) is 19.2 Å². The van der Waals surface area contributed by atoms with Crippen LogP contribution in [-0.2, 0) is 13.6 Å². The highest BCUT2D eigenvalue weighted by Gasteiger charge is 2.13. The van der Waals surface area contributed by atoms with Crippen molar-refractivity contribution >= 4 is 15.9 Å². The summed E-state index contributed by atoms with van der Waals surface area (Å²) in [6.45, 7) is 0.415. The standard InChI is InChI=1S/C12H14BrN3O/c1-16-11(13)10(7-14)15-12(16)8-4-3-5-9(6-8)17-2/h3-6H,7,14H2,1-2H3. The molecular formula is C12H14BrN3O. The SMILES string of the molecule is COc1cccc(-c2nc(CN)c(Br)n2C)c1. The number of nitrogens with zero attached hydrogens (tertiary/aromatic N) is 2. The lowest BCUT2D eigenvalue weighted by Crippen LogP contribution is -1.97. The quantitative estimate of drug-likeness (QED) is 0.945. The fourth-order valence-electron chi connectivity index (χ4n) is 1.69. The van der Waals surface area contributed by atoms with E-state index in [4.69, 9.17) is 10.5 Å². The Balaban J connectivity index is 2.52. The molecular weight excluding hydrogens is 282 g/mol. The van der Waals surface area contributed by atoms with Gasteiger partial charge in [-0.1, -0.05) is 12.1 Å². The van der Waals surface area contributed by atoms with Crippen molar-refractivity contribution in [3.63, 3.8) is 0 Å². The zero-order valence-corrected chi connectivity index (χ0v) is 11.4. The minimum Gasteiger partial charge on any atom is -0.497 e. The van der Waals surface area contributed by atoms with Crippen LogP contribution < -0.4 is 10.5 Å². The van der Waals surface area contributed by atoms with Crippen molar-refractivity contribution < 1.29 is 4.74 Å². The molecule has 0 amide bonds. The second kappa shape index (κ2) is 4.89. The molecule has 0 bridgehead atoms. The number of methoxy groups -OCH3 is 1. The van der Waals surface area contributed by atoms with Crippen LogP contribution >= 0.6 is 15.9 Å². The molecule has 2 aromatic rings. The normalized spacial score (nSPS) is 10.6. The summed E-state index contributed by atoms with van der Waals surface area (Å²) in [7, 11) is 3.60. The van der Waals surface area contributed by atoms with E-state index in [-0.39, 0.29) is 0 Å². The molecule has 1 heterocycles. The van der Waals surface area contributed by atoms with E-state index >= 15 is 0 Å². The van der Waals surface area contributed by atoms with Gasteiger partial charge in [0.05, 0.1) is 12.8 Å². The van der Waals surface area contributed by atoms with Gasteiger partial charge in [-0.15, -0.1) is 0 Å². The number of imidazole rings is 1. The number of halogens is 1. The lowest BCUT2D eigenvalue weighted by molar-refractivity contribution is 0.415. The molecule has 0 spiro atoms. The first kappa shape index (κ1) is 12.1. The Morgan fingerprint density at radius 2 is 2.24 bits per heavy atom. The summed E-state index contributed by atoms with van der Waals surface area (Å²) in [5.74, 6) is 1.69. The molecule has 0 saturated heterocycles. The molecule has 1 aromatic carbocycles. The van der Waals surface area contributed by atoms with Crippen LogP contribution in [0, 0.1) is 0 Å². The maximum atomic E-state index is 5.64. The van der Waals surface area contributed by atoms with Crippen LogP contribution in [0.2, 0.25) is 0 Å². The second-order valence-electron chi connectivity index (χ2n) is 3.67. The van der Waals surface area contributed by atoms with Gasteiger partial charge in [0.15, 0.2) is 0 Å². The molecule has 0 saturated carbocycles. The minimum absolute atomic E-state index is 0.415. The second-order valence-corrected chi connectivity index (χ2v) is 4.42. The van der Waals surface area contributed by atoms with Gasteiger partial charge in [0.2, 0.25) is 0 Å². The monoisotopic (exact) mass is 295 g/mol. The fourth-order valence-corrected chi connectivity index (χ4v) is 2.10. The van der Waals surface area contributed by atoms with Crippen molar-refractivity contribution in [1.82, 2.24) is 9.55 Å². The van der Waals surface area contributed by atoms with Gasteiger partial charge in [-0.25, -0.2) is 4.98 Å². The van der Waals surface area contributed by atoms with Crippen molar-refractivity contribution in [3.8, 4) is 17.1 Å². The summed E-state index contributed by atoms with van der Waals surface area (Å²) in [4.78, 5) is 4.51.